The number of anilines is 1. The van der Waals surface area contributed by atoms with Crippen molar-refractivity contribution in [3.63, 3.8) is 0 Å². The molecule has 5 nitrogen and oxygen atoms in total. The molecule has 1 aliphatic heterocycles. The van der Waals surface area contributed by atoms with E-state index >= 15 is 0 Å². The third-order valence-corrected chi connectivity index (χ3v) is 5.52. The lowest BCUT2D eigenvalue weighted by Crippen LogP contribution is -2.40. The Balaban J connectivity index is 1.55. The molecule has 106 valence electrons. The predicted molar refractivity (Wildman–Crippen MR) is 81.1 cm³/mol. The number of H-pyrrole nitrogens is 1. The second kappa shape index (κ2) is 4.86. The van der Waals surface area contributed by atoms with E-state index in [4.69, 9.17) is 5.73 Å². The first-order chi connectivity index (χ1) is 9.79. The van der Waals surface area contributed by atoms with Crippen LogP contribution in [-0.2, 0) is 12.8 Å². The molecular formula is C14H19N5S. The molecule has 1 saturated heterocycles. The molecule has 0 spiro atoms. The molecule has 0 atom stereocenters. The van der Waals surface area contributed by atoms with Crippen molar-refractivity contribution < 1.29 is 0 Å². The highest BCUT2D eigenvalue weighted by atomic mass is 32.1. The minimum absolute atomic E-state index is 0.338. The average molecular weight is 289 g/mol. The SMILES string of the molecule is NC1CCN(c2n[nH]c(-c3cc4c(s3)CCC4)n2)CC1. The highest BCUT2D eigenvalue weighted by molar-refractivity contribution is 7.15. The van der Waals surface area contributed by atoms with Gasteiger partial charge in [-0.3, -0.25) is 5.10 Å². The Kier molecular flexibility index (Phi) is 3.00. The van der Waals surface area contributed by atoms with Gasteiger partial charge in [-0.25, -0.2) is 0 Å². The lowest BCUT2D eigenvalue weighted by atomic mass is 10.1. The third kappa shape index (κ3) is 2.13. The summed E-state index contributed by atoms with van der Waals surface area (Å²) in [5.41, 5.74) is 7.45. The number of aromatic nitrogens is 3. The fraction of sp³-hybridized carbons (Fsp3) is 0.571. The molecule has 0 saturated carbocycles. The number of nitrogens with two attached hydrogens (primary N) is 1. The van der Waals surface area contributed by atoms with E-state index in [9.17, 15) is 0 Å². The monoisotopic (exact) mass is 289 g/mol. The van der Waals surface area contributed by atoms with Crippen molar-refractivity contribution in [2.24, 2.45) is 5.73 Å². The summed E-state index contributed by atoms with van der Waals surface area (Å²) in [6.07, 6.45) is 5.80. The van der Waals surface area contributed by atoms with Gasteiger partial charge in [0.1, 0.15) is 0 Å². The zero-order valence-electron chi connectivity index (χ0n) is 11.4. The van der Waals surface area contributed by atoms with E-state index in [0.717, 1.165) is 37.7 Å². The van der Waals surface area contributed by atoms with E-state index in [1.807, 2.05) is 11.3 Å². The second-order valence-electron chi connectivity index (χ2n) is 5.72. The van der Waals surface area contributed by atoms with Crippen LogP contribution in [0.5, 0.6) is 0 Å². The molecule has 3 N–H and O–H groups in total. The van der Waals surface area contributed by atoms with Crippen molar-refractivity contribution >= 4 is 17.3 Å². The number of rotatable bonds is 2. The van der Waals surface area contributed by atoms with Crippen LogP contribution in [0, 0.1) is 0 Å². The van der Waals surface area contributed by atoms with Crippen molar-refractivity contribution in [3.05, 3.63) is 16.5 Å². The Morgan fingerprint density at radius 3 is 2.95 bits per heavy atom. The number of aromatic amines is 1. The summed E-state index contributed by atoms with van der Waals surface area (Å²) in [6, 6.07) is 2.62. The molecule has 1 aliphatic carbocycles. The summed E-state index contributed by atoms with van der Waals surface area (Å²) in [7, 11) is 0. The van der Waals surface area contributed by atoms with Crippen molar-refractivity contribution in [2.75, 3.05) is 18.0 Å². The molecule has 2 aromatic heterocycles. The molecule has 3 heterocycles. The van der Waals surface area contributed by atoms with Crippen LogP contribution >= 0.6 is 11.3 Å². The van der Waals surface area contributed by atoms with Gasteiger partial charge in [-0.1, -0.05) is 0 Å². The van der Waals surface area contributed by atoms with E-state index in [0.29, 0.717) is 6.04 Å². The summed E-state index contributed by atoms with van der Waals surface area (Å²) >= 11 is 1.86. The number of aryl methyl sites for hydroxylation is 2. The quantitative estimate of drug-likeness (QED) is 0.886. The minimum Gasteiger partial charge on any atom is -0.339 e. The van der Waals surface area contributed by atoms with Crippen LogP contribution in [0.4, 0.5) is 5.95 Å². The van der Waals surface area contributed by atoms with Crippen LogP contribution in [0.25, 0.3) is 10.7 Å². The average Bonchev–Trinajstić information content (AvgIpc) is 3.14. The Morgan fingerprint density at radius 1 is 1.30 bits per heavy atom. The molecule has 4 rings (SSSR count). The van der Waals surface area contributed by atoms with E-state index < -0.39 is 0 Å². The van der Waals surface area contributed by atoms with Crippen LogP contribution in [-0.4, -0.2) is 34.3 Å². The van der Waals surface area contributed by atoms with Crippen LogP contribution in [0.3, 0.4) is 0 Å². The first-order valence-corrected chi connectivity index (χ1v) is 8.16. The first-order valence-electron chi connectivity index (χ1n) is 7.34. The molecule has 2 aromatic rings. The molecule has 0 unspecified atom stereocenters. The van der Waals surface area contributed by atoms with Crippen LogP contribution in [0.2, 0.25) is 0 Å². The highest BCUT2D eigenvalue weighted by Gasteiger charge is 2.21. The van der Waals surface area contributed by atoms with Crippen LogP contribution in [0.15, 0.2) is 6.07 Å². The van der Waals surface area contributed by atoms with Crippen LogP contribution < -0.4 is 10.6 Å². The van der Waals surface area contributed by atoms with Crippen molar-refractivity contribution in [1.29, 1.82) is 0 Å². The van der Waals surface area contributed by atoms with Gasteiger partial charge in [0, 0.05) is 24.0 Å². The van der Waals surface area contributed by atoms with Gasteiger partial charge in [-0.2, -0.15) is 4.98 Å². The summed E-state index contributed by atoms with van der Waals surface area (Å²) in [4.78, 5) is 9.65. The molecule has 20 heavy (non-hydrogen) atoms. The van der Waals surface area contributed by atoms with Gasteiger partial charge < -0.3 is 10.6 Å². The van der Waals surface area contributed by atoms with Crippen LogP contribution in [0.1, 0.15) is 29.7 Å². The largest absolute Gasteiger partial charge is 0.339 e. The lowest BCUT2D eigenvalue weighted by Gasteiger charge is -2.28. The van der Waals surface area contributed by atoms with Crippen molar-refractivity contribution in [2.45, 2.75) is 38.1 Å². The number of nitrogens with zero attached hydrogens (tertiary/aromatic N) is 3. The van der Waals surface area contributed by atoms with Gasteiger partial charge in [0.2, 0.25) is 5.95 Å². The molecule has 1 fully saturated rings. The number of thiophene rings is 1. The number of piperidine rings is 1. The standard InChI is InChI=1S/C14H19N5S/c15-10-4-6-19(7-5-10)14-16-13(17-18-14)12-8-9-2-1-3-11(9)20-12/h8,10H,1-7,15H2,(H,16,17,18). The molecule has 0 aromatic carbocycles. The minimum atomic E-state index is 0.338. The third-order valence-electron chi connectivity index (χ3n) is 4.28. The smallest absolute Gasteiger partial charge is 0.245 e. The topological polar surface area (TPSA) is 70.8 Å². The molecule has 2 aliphatic rings. The highest BCUT2D eigenvalue weighted by Crippen LogP contribution is 2.35. The van der Waals surface area contributed by atoms with Gasteiger partial charge in [-0.15, -0.1) is 16.4 Å². The van der Waals surface area contributed by atoms with Crippen molar-refractivity contribution in [1.82, 2.24) is 15.2 Å². The van der Waals surface area contributed by atoms with E-state index in [1.54, 1.807) is 0 Å². The number of hydrogen-bond donors (Lipinski definition) is 2. The zero-order chi connectivity index (χ0) is 13.5. The predicted octanol–water partition coefficient (Wildman–Crippen LogP) is 1.95. The maximum absolute atomic E-state index is 5.94. The fourth-order valence-electron chi connectivity index (χ4n) is 3.05. The summed E-state index contributed by atoms with van der Waals surface area (Å²) < 4.78 is 0. The molecular weight excluding hydrogens is 270 g/mol. The van der Waals surface area contributed by atoms with Gasteiger partial charge >= 0.3 is 0 Å². The van der Waals surface area contributed by atoms with E-state index in [1.165, 1.54) is 34.6 Å². The maximum atomic E-state index is 5.94. The first kappa shape index (κ1) is 12.3. The lowest BCUT2D eigenvalue weighted by molar-refractivity contribution is 0.496. The normalized spacial score (nSPS) is 19.6. The fourth-order valence-corrected chi connectivity index (χ4v) is 4.24. The molecule has 0 radical (unpaired) electrons. The van der Waals surface area contributed by atoms with E-state index in [-0.39, 0.29) is 0 Å². The Morgan fingerprint density at radius 2 is 2.15 bits per heavy atom. The Labute approximate surface area is 122 Å². The zero-order valence-corrected chi connectivity index (χ0v) is 12.2. The molecule has 0 amide bonds. The van der Waals surface area contributed by atoms with Gasteiger partial charge in [0.15, 0.2) is 5.82 Å². The number of nitrogens with one attached hydrogen (secondary N) is 1. The maximum Gasteiger partial charge on any atom is 0.245 e. The number of hydrogen-bond acceptors (Lipinski definition) is 5. The van der Waals surface area contributed by atoms with Crippen molar-refractivity contribution in [3.8, 4) is 10.7 Å². The summed E-state index contributed by atoms with van der Waals surface area (Å²) in [6.45, 7) is 1.92. The summed E-state index contributed by atoms with van der Waals surface area (Å²) in [5.74, 6) is 1.73. The van der Waals surface area contributed by atoms with Gasteiger partial charge in [-0.05, 0) is 43.7 Å². The van der Waals surface area contributed by atoms with E-state index in [2.05, 4.69) is 26.1 Å². The summed E-state index contributed by atoms with van der Waals surface area (Å²) in [5, 5.41) is 7.48. The number of fused-ring (bicyclic) bond motifs is 1. The second-order valence-corrected chi connectivity index (χ2v) is 6.86. The Hall–Kier alpha value is -1.40. The molecule has 0 bridgehead atoms. The Bertz CT molecular complexity index is 587. The molecule has 6 heteroatoms. The van der Waals surface area contributed by atoms with Gasteiger partial charge in [0.25, 0.3) is 0 Å². The van der Waals surface area contributed by atoms with Gasteiger partial charge in [0.05, 0.1) is 4.88 Å².